The second-order valence-electron chi connectivity index (χ2n) is 8.77. The number of benzene rings is 5. The normalized spacial score (nSPS) is 12.8. The lowest BCUT2D eigenvalue weighted by Crippen LogP contribution is -2.03. The van der Waals surface area contributed by atoms with Gasteiger partial charge in [-0.2, -0.15) is 0 Å². The first-order chi connectivity index (χ1) is 17.0. The topological polar surface area (TPSA) is 101 Å². The predicted molar refractivity (Wildman–Crippen MR) is 138 cm³/mol. The van der Waals surface area contributed by atoms with Crippen molar-refractivity contribution in [3.63, 3.8) is 0 Å². The molecule has 1 aliphatic carbocycles. The molecule has 0 spiro atoms. The fraction of sp³-hybridized carbons (Fsp3) is 0.0667. The van der Waals surface area contributed by atoms with Crippen molar-refractivity contribution < 1.29 is 25.5 Å². The summed E-state index contributed by atoms with van der Waals surface area (Å²) in [5, 5.41) is 56.1. The molecule has 0 fully saturated rings. The SMILES string of the molecule is Oc1c(O)c(O)c(-c2c3c(c(-c4cccc5ccccc45)c4ccccc24)CCC=C3)c(O)c1O. The summed E-state index contributed by atoms with van der Waals surface area (Å²) in [7, 11) is 0. The Morgan fingerprint density at radius 3 is 1.80 bits per heavy atom. The number of allylic oxidation sites excluding steroid dienone is 1. The third-order valence-corrected chi connectivity index (χ3v) is 6.89. The molecule has 5 nitrogen and oxygen atoms in total. The second kappa shape index (κ2) is 7.71. The van der Waals surface area contributed by atoms with Gasteiger partial charge in [0.05, 0.1) is 5.56 Å². The lowest BCUT2D eigenvalue weighted by molar-refractivity contribution is 0.330. The van der Waals surface area contributed by atoms with Crippen LogP contribution in [0.4, 0.5) is 0 Å². The monoisotopic (exact) mass is 462 g/mol. The van der Waals surface area contributed by atoms with Gasteiger partial charge in [0.25, 0.3) is 0 Å². The van der Waals surface area contributed by atoms with Crippen molar-refractivity contribution in [2.24, 2.45) is 0 Å². The molecule has 5 heteroatoms. The van der Waals surface area contributed by atoms with Crippen molar-refractivity contribution in [2.45, 2.75) is 12.8 Å². The molecule has 5 aromatic carbocycles. The molecule has 0 atom stereocenters. The second-order valence-corrected chi connectivity index (χ2v) is 8.77. The fourth-order valence-electron chi connectivity index (χ4n) is 5.33. The Bertz CT molecular complexity index is 1660. The van der Waals surface area contributed by atoms with E-state index in [-0.39, 0.29) is 5.56 Å². The van der Waals surface area contributed by atoms with Crippen LogP contribution in [0.15, 0.2) is 72.8 Å². The number of phenols is 5. The summed E-state index contributed by atoms with van der Waals surface area (Å²) in [6, 6.07) is 22.2. The summed E-state index contributed by atoms with van der Waals surface area (Å²) in [4.78, 5) is 0. The fourth-order valence-corrected chi connectivity index (χ4v) is 5.33. The highest BCUT2D eigenvalue weighted by Crippen LogP contribution is 2.58. The molecule has 0 saturated carbocycles. The van der Waals surface area contributed by atoms with Gasteiger partial charge in [-0.1, -0.05) is 78.9 Å². The van der Waals surface area contributed by atoms with Crippen molar-refractivity contribution in [1.82, 2.24) is 0 Å². The van der Waals surface area contributed by atoms with E-state index >= 15 is 0 Å². The largest absolute Gasteiger partial charge is 0.504 e. The molecular formula is C30H22O5. The van der Waals surface area contributed by atoms with Gasteiger partial charge in [0.2, 0.25) is 17.2 Å². The van der Waals surface area contributed by atoms with Crippen molar-refractivity contribution in [2.75, 3.05) is 0 Å². The minimum Gasteiger partial charge on any atom is -0.504 e. The summed E-state index contributed by atoms with van der Waals surface area (Å²) in [5.74, 6) is -4.12. The van der Waals surface area contributed by atoms with E-state index in [1.54, 1.807) is 0 Å². The Morgan fingerprint density at radius 1 is 0.514 bits per heavy atom. The van der Waals surface area contributed by atoms with Crippen LogP contribution in [-0.2, 0) is 6.42 Å². The van der Waals surface area contributed by atoms with Gasteiger partial charge >= 0.3 is 0 Å². The van der Waals surface area contributed by atoms with Crippen LogP contribution in [0.5, 0.6) is 28.7 Å². The molecule has 5 aromatic rings. The lowest BCUT2D eigenvalue weighted by atomic mass is 9.79. The van der Waals surface area contributed by atoms with Crippen LogP contribution in [0.2, 0.25) is 0 Å². The Balaban J connectivity index is 1.82. The number of phenolic OH excluding ortho intramolecular Hbond substituents is 5. The number of hydrogen-bond acceptors (Lipinski definition) is 5. The molecule has 6 rings (SSSR count). The number of rotatable bonds is 2. The molecule has 0 heterocycles. The quantitative estimate of drug-likeness (QED) is 0.146. The van der Waals surface area contributed by atoms with Gasteiger partial charge in [-0.05, 0) is 56.6 Å². The summed E-state index contributed by atoms with van der Waals surface area (Å²) >= 11 is 0. The number of fused-ring (bicyclic) bond motifs is 3. The highest BCUT2D eigenvalue weighted by Gasteiger charge is 2.29. The lowest BCUT2D eigenvalue weighted by Gasteiger charge is -2.25. The zero-order valence-electron chi connectivity index (χ0n) is 18.7. The Kier molecular flexibility index (Phi) is 4.61. The molecule has 0 aromatic heterocycles. The van der Waals surface area contributed by atoms with E-state index in [0.717, 1.165) is 56.6 Å². The number of aromatic hydroxyl groups is 5. The predicted octanol–water partition coefficient (Wildman–Crippen LogP) is 6.81. The van der Waals surface area contributed by atoms with Crippen LogP contribution in [0.3, 0.4) is 0 Å². The molecule has 1 aliphatic rings. The summed E-state index contributed by atoms with van der Waals surface area (Å²) in [5.41, 5.74) is 4.35. The minimum atomic E-state index is -0.968. The van der Waals surface area contributed by atoms with Crippen LogP contribution >= 0.6 is 0 Å². The molecule has 0 aliphatic heterocycles. The average Bonchev–Trinajstić information content (AvgIpc) is 2.90. The molecule has 0 saturated heterocycles. The first-order valence-electron chi connectivity index (χ1n) is 11.4. The maximum Gasteiger partial charge on any atom is 0.208 e. The third kappa shape index (κ3) is 2.95. The highest BCUT2D eigenvalue weighted by atomic mass is 16.4. The van der Waals surface area contributed by atoms with Crippen molar-refractivity contribution in [1.29, 1.82) is 0 Å². The Hall–Kier alpha value is -4.64. The summed E-state index contributed by atoms with van der Waals surface area (Å²) in [6.07, 6.45) is 5.54. The highest BCUT2D eigenvalue weighted by molar-refractivity contribution is 6.14. The zero-order chi connectivity index (χ0) is 24.3. The van der Waals surface area contributed by atoms with Crippen LogP contribution in [0.25, 0.3) is 49.9 Å². The van der Waals surface area contributed by atoms with E-state index in [0.29, 0.717) is 5.56 Å². The molecule has 0 amide bonds. The van der Waals surface area contributed by atoms with Crippen LogP contribution < -0.4 is 0 Å². The van der Waals surface area contributed by atoms with Gasteiger partial charge in [-0.3, -0.25) is 0 Å². The summed E-state index contributed by atoms with van der Waals surface area (Å²) in [6.45, 7) is 0. The van der Waals surface area contributed by atoms with E-state index < -0.39 is 28.7 Å². The van der Waals surface area contributed by atoms with E-state index in [2.05, 4.69) is 24.3 Å². The molecular weight excluding hydrogens is 440 g/mol. The van der Waals surface area contributed by atoms with E-state index in [4.69, 9.17) is 0 Å². The zero-order valence-corrected chi connectivity index (χ0v) is 18.7. The van der Waals surface area contributed by atoms with E-state index in [9.17, 15) is 25.5 Å². The Morgan fingerprint density at radius 2 is 1.09 bits per heavy atom. The smallest absolute Gasteiger partial charge is 0.208 e. The van der Waals surface area contributed by atoms with Gasteiger partial charge in [0, 0.05) is 5.56 Å². The summed E-state index contributed by atoms with van der Waals surface area (Å²) < 4.78 is 0. The van der Waals surface area contributed by atoms with Crippen molar-refractivity contribution in [3.05, 3.63) is 83.9 Å². The third-order valence-electron chi connectivity index (χ3n) is 6.89. The van der Waals surface area contributed by atoms with Gasteiger partial charge in [0.15, 0.2) is 11.5 Å². The molecule has 172 valence electrons. The maximum atomic E-state index is 10.8. The van der Waals surface area contributed by atoms with Gasteiger partial charge in [0.1, 0.15) is 0 Å². The average molecular weight is 463 g/mol. The first-order valence-corrected chi connectivity index (χ1v) is 11.4. The minimum absolute atomic E-state index is 0.124. The van der Waals surface area contributed by atoms with Gasteiger partial charge in [-0.25, -0.2) is 0 Å². The molecule has 0 unspecified atom stereocenters. The van der Waals surface area contributed by atoms with E-state index in [1.165, 1.54) is 0 Å². The molecule has 5 N–H and O–H groups in total. The van der Waals surface area contributed by atoms with E-state index in [1.807, 2.05) is 54.6 Å². The Labute approximate surface area is 201 Å². The number of hydrogen-bond donors (Lipinski definition) is 5. The standard InChI is InChI=1S/C30H22O5/c31-26-25(27(32)29(34)30(35)28(26)33)24-21-13-5-3-11-19(21)23(20-12-4-6-14-22(20)24)18-15-7-9-16-8-1-2-10-17(16)18/h1-3,5-11,13-15,31-35H,4,12H2. The van der Waals surface area contributed by atoms with Gasteiger partial charge in [-0.15, -0.1) is 0 Å². The maximum absolute atomic E-state index is 10.8. The van der Waals surface area contributed by atoms with Crippen LogP contribution in [0.1, 0.15) is 17.5 Å². The van der Waals surface area contributed by atoms with Gasteiger partial charge < -0.3 is 25.5 Å². The van der Waals surface area contributed by atoms with Crippen LogP contribution in [0, 0.1) is 0 Å². The molecule has 0 bridgehead atoms. The molecule has 35 heavy (non-hydrogen) atoms. The van der Waals surface area contributed by atoms with Crippen LogP contribution in [-0.4, -0.2) is 25.5 Å². The van der Waals surface area contributed by atoms with Crippen molar-refractivity contribution in [3.8, 4) is 51.0 Å². The first kappa shape index (κ1) is 20.9. The molecule has 0 radical (unpaired) electrons. The van der Waals surface area contributed by atoms with Crippen molar-refractivity contribution >= 4 is 27.6 Å².